The number of nitrogens with one attached hydrogen (secondary N) is 3. The molecule has 0 atom stereocenters. The molecule has 12 heteroatoms. The smallest absolute Gasteiger partial charge is 0.264 e. The van der Waals surface area contributed by atoms with E-state index in [4.69, 9.17) is 23.2 Å². The number of anilines is 3. The summed E-state index contributed by atoms with van der Waals surface area (Å²) in [5.41, 5.74) is 1.83. The van der Waals surface area contributed by atoms with Gasteiger partial charge in [0.25, 0.3) is 26.0 Å². The first-order valence-corrected chi connectivity index (χ1v) is 14.6. The minimum Gasteiger partial charge on any atom is -0.320 e. The van der Waals surface area contributed by atoms with Gasteiger partial charge in [-0.05, 0) is 61.4 Å². The Kier molecular flexibility index (Phi) is 6.11. The normalized spacial score (nSPS) is 13.0. The van der Waals surface area contributed by atoms with Gasteiger partial charge in [-0.25, -0.2) is 16.8 Å². The van der Waals surface area contributed by atoms with Gasteiger partial charge in [0.15, 0.2) is 0 Å². The molecule has 0 aromatic heterocycles. The van der Waals surface area contributed by atoms with Gasteiger partial charge in [0.1, 0.15) is 4.90 Å². The second-order valence-corrected chi connectivity index (χ2v) is 12.7. The molecule has 5 rings (SSSR count). The third-order valence-corrected chi connectivity index (χ3v) is 9.30. The van der Waals surface area contributed by atoms with E-state index in [0.29, 0.717) is 21.2 Å². The van der Waals surface area contributed by atoms with Gasteiger partial charge in [-0.2, -0.15) is 0 Å². The number of aryl methyl sites for hydroxylation is 2. The van der Waals surface area contributed by atoms with Crippen molar-refractivity contribution in [2.24, 2.45) is 0 Å². The lowest BCUT2D eigenvalue weighted by Gasteiger charge is -2.17. The molecule has 190 valence electrons. The fourth-order valence-corrected chi connectivity index (χ4v) is 7.24. The van der Waals surface area contributed by atoms with E-state index in [1.54, 1.807) is 38.1 Å². The molecule has 0 saturated carbocycles. The number of amides is 1. The third kappa shape index (κ3) is 4.50. The monoisotopic (exact) mass is 575 g/mol. The lowest BCUT2D eigenvalue weighted by Crippen LogP contribution is -2.19. The molecule has 0 unspecified atom stereocenters. The van der Waals surface area contributed by atoms with Crippen LogP contribution in [0, 0.1) is 13.8 Å². The first-order valence-electron chi connectivity index (χ1n) is 10.9. The molecule has 1 aliphatic heterocycles. The van der Waals surface area contributed by atoms with Crippen LogP contribution in [-0.2, 0) is 20.0 Å². The summed E-state index contributed by atoms with van der Waals surface area (Å²) in [4.78, 5) is 12.0. The number of hydrogen-bond donors (Lipinski definition) is 3. The summed E-state index contributed by atoms with van der Waals surface area (Å²) in [7, 11) is -8.72. The predicted octanol–water partition coefficient (Wildman–Crippen LogP) is 5.93. The molecule has 0 aliphatic carbocycles. The Hall–Kier alpha value is -3.31. The molecule has 0 spiro atoms. The van der Waals surface area contributed by atoms with Crippen LogP contribution >= 0.6 is 23.2 Å². The largest absolute Gasteiger partial charge is 0.320 e. The van der Waals surface area contributed by atoms with Crippen LogP contribution in [-0.4, -0.2) is 22.7 Å². The summed E-state index contributed by atoms with van der Waals surface area (Å²) in [6.45, 7) is 3.40. The van der Waals surface area contributed by atoms with E-state index in [0.717, 1.165) is 6.07 Å². The van der Waals surface area contributed by atoms with E-state index in [-0.39, 0.29) is 38.3 Å². The zero-order chi connectivity index (χ0) is 26.7. The molecule has 0 radical (unpaired) electrons. The van der Waals surface area contributed by atoms with Crippen molar-refractivity contribution in [3.8, 4) is 0 Å². The molecule has 4 aromatic rings. The minimum absolute atomic E-state index is 0.000618. The highest BCUT2D eigenvalue weighted by Gasteiger charge is 2.34. The van der Waals surface area contributed by atoms with Crippen LogP contribution in [0.15, 0.2) is 70.5 Å². The lowest BCUT2D eigenvalue weighted by molar-refractivity contribution is 0.103. The predicted molar refractivity (Wildman–Crippen MR) is 146 cm³/mol. The topological polar surface area (TPSA) is 121 Å². The van der Waals surface area contributed by atoms with Crippen LogP contribution in [0.3, 0.4) is 0 Å². The van der Waals surface area contributed by atoms with Crippen molar-refractivity contribution >= 4 is 77.0 Å². The first-order chi connectivity index (χ1) is 17.4. The van der Waals surface area contributed by atoms with Crippen molar-refractivity contribution in [2.45, 2.75) is 23.6 Å². The molecule has 1 amide bonds. The number of rotatable bonds is 6. The Morgan fingerprint density at radius 1 is 0.730 bits per heavy atom. The molecule has 1 aliphatic rings. The maximum absolute atomic E-state index is 13.6. The SMILES string of the molecule is Cc1ccc(Cl)cc1NS(=O)(=O)c1cc(S(=O)(=O)Nc2cc(Cl)ccc2C)c2cccc3c2c1NC3=O. The molecule has 0 fully saturated rings. The standard InChI is InChI=1S/C25H19Cl2N3O5S2/c1-13-6-8-15(26)10-19(13)29-36(32,33)21-12-22(24-23-17(21)4-3-5-18(23)25(31)28-24)37(34,35)30-20-11-16(27)9-7-14(20)2/h3-12,29-30H,1-2H3,(H,28,31). The molecule has 3 N–H and O–H groups in total. The average Bonchev–Trinajstić information content (AvgIpc) is 3.16. The number of carbonyl (C=O) groups excluding carboxylic acids is 1. The number of halogens is 2. The molecule has 0 bridgehead atoms. The van der Waals surface area contributed by atoms with Gasteiger partial charge in [0.2, 0.25) is 0 Å². The van der Waals surface area contributed by atoms with Crippen LogP contribution in [0.1, 0.15) is 21.5 Å². The molecule has 1 heterocycles. The average molecular weight is 576 g/mol. The van der Waals surface area contributed by atoms with Crippen LogP contribution in [0.2, 0.25) is 10.0 Å². The maximum Gasteiger partial charge on any atom is 0.264 e. The van der Waals surface area contributed by atoms with Crippen molar-refractivity contribution in [3.05, 3.63) is 87.4 Å². The Bertz CT molecular complexity index is 1860. The summed E-state index contributed by atoms with van der Waals surface area (Å²) < 4.78 is 59.5. The highest BCUT2D eigenvalue weighted by atomic mass is 35.5. The highest BCUT2D eigenvalue weighted by molar-refractivity contribution is 7.93. The molecule has 8 nitrogen and oxygen atoms in total. The Labute approximate surface area is 223 Å². The van der Waals surface area contributed by atoms with E-state index >= 15 is 0 Å². The summed E-state index contributed by atoms with van der Waals surface area (Å²) in [5.74, 6) is -0.538. The Morgan fingerprint density at radius 3 is 1.84 bits per heavy atom. The summed E-state index contributed by atoms with van der Waals surface area (Å²) in [6, 6.07) is 15.0. The van der Waals surface area contributed by atoms with Gasteiger partial charge < -0.3 is 5.32 Å². The van der Waals surface area contributed by atoms with Gasteiger partial charge in [-0.1, -0.05) is 47.5 Å². The van der Waals surface area contributed by atoms with Crippen LogP contribution in [0.5, 0.6) is 0 Å². The second-order valence-electron chi connectivity index (χ2n) is 8.56. The Morgan fingerprint density at radius 2 is 1.27 bits per heavy atom. The highest BCUT2D eigenvalue weighted by Crippen LogP contribution is 2.42. The Balaban J connectivity index is 1.74. The summed E-state index contributed by atoms with van der Waals surface area (Å²) in [5, 5.41) is 3.61. The third-order valence-electron chi connectivity index (χ3n) is 6.04. The summed E-state index contributed by atoms with van der Waals surface area (Å²) in [6.07, 6.45) is 0. The number of hydrogen-bond acceptors (Lipinski definition) is 5. The zero-order valence-electron chi connectivity index (χ0n) is 19.4. The van der Waals surface area contributed by atoms with Crippen molar-refractivity contribution < 1.29 is 21.6 Å². The molecular formula is C25H19Cl2N3O5S2. The zero-order valence-corrected chi connectivity index (χ0v) is 22.5. The van der Waals surface area contributed by atoms with Gasteiger partial charge >= 0.3 is 0 Å². The minimum atomic E-state index is -4.38. The van der Waals surface area contributed by atoms with Crippen LogP contribution in [0.25, 0.3) is 10.8 Å². The molecular weight excluding hydrogens is 557 g/mol. The summed E-state index contributed by atoms with van der Waals surface area (Å²) >= 11 is 12.1. The fraction of sp³-hybridized carbons (Fsp3) is 0.0800. The van der Waals surface area contributed by atoms with Crippen molar-refractivity contribution in [3.63, 3.8) is 0 Å². The van der Waals surface area contributed by atoms with Gasteiger partial charge in [0.05, 0.1) is 22.0 Å². The van der Waals surface area contributed by atoms with Gasteiger partial charge in [-0.3, -0.25) is 14.2 Å². The molecule has 37 heavy (non-hydrogen) atoms. The van der Waals surface area contributed by atoms with E-state index in [1.165, 1.54) is 30.3 Å². The van der Waals surface area contributed by atoms with Crippen molar-refractivity contribution in [1.82, 2.24) is 0 Å². The quantitative estimate of drug-likeness (QED) is 0.263. The van der Waals surface area contributed by atoms with E-state index in [9.17, 15) is 21.6 Å². The molecule has 4 aromatic carbocycles. The maximum atomic E-state index is 13.6. The van der Waals surface area contributed by atoms with E-state index < -0.39 is 30.8 Å². The van der Waals surface area contributed by atoms with Crippen LogP contribution in [0.4, 0.5) is 17.1 Å². The van der Waals surface area contributed by atoms with Crippen molar-refractivity contribution in [2.75, 3.05) is 14.8 Å². The van der Waals surface area contributed by atoms with Crippen molar-refractivity contribution in [1.29, 1.82) is 0 Å². The van der Waals surface area contributed by atoms with Gasteiger partial charge in [-0.15, -0.1) is 0 Å². The lowest BCUT2D eigenvalue weighted by atomic mass is 10.1. The second kappa shape index (κ2) is 8.91. The van der Waals surface area contributed by atoms with Gasteiger partial charge in [0, 0.05) is 26.4 Å². The number of sulfonamides is 2. The van der Waals surface area contributed by atoms with E-state index in [2.05, 4.69) is 14.8 Å². The number of benzene rings is 4. The first kappa shape index (κ1) is 25.3. The van der Waals surface area contributed by atoms with Crippen LogP contribution < -0.4 is 14.8 Å². The fourth-order valence-electron chi connectivity index (χ4n) is 4.16. The van der Waals surface area contributed by atoms with E-state index in [1.807, 2.05) is 0 Å². The number of carbonyl (C=O) groups is 1. The molecule has 0 saturated heterocycles.